The molecule has 1 aliphatic rings. The fourth-order valence-corrected chi connectivity index (χ4v) is 1.73. The summed E-state index contributed by atoms with van der Waals surface area (Å²) < 4.78 is 0. The number of hydrogen-bond donors (Lipinski definition) is 1. The molecule has 0 aromatic rings. The van der Waals surface area contributed by atoms with Crippen molar-refractivity contribution in [2.75, 3.05) is 6.54 Å². The lowest BCUT2D eigenvalue weighted by atomic mass is 10.2. The molecule has 1 rings (SSSR count). The van der Waals surface area contributed by atoms with Gasteiger partial charge in [0.1, 0.15) is 5.84 Å². The second-order valence-electron chi connectivity index (χ2n) is 3.75. The van der Waals surface area contributed by atoms with Crippen LogP contribution < -0.4 is 5.73 Å². The Balaban J connectivity index is 2.55. The lowest BCUT2D eigenvalue weighted by Gasteiger charge is -2.22. The zero-order valence-electron chi connectivity index (χ0n) is 9.03. The average molecular weight is 193 g/mol. The smallest absolute Gasteiger partial charge is 0.101 e. The fraction of sp³-hybridized carbons (Fsp3) is 0.545. The van der Waals surface area contributed by atoms with Crippen molar-refractivity contribution < 1.29 is 0 Å². The fourth-order valence-electron chi connectivity index (χ4n) is 1.73. The number of hydrogen-bond acceptors (Lipinski definition) is 2. The van der Waals surface area contributed by atoms with Gasteiger partial charge in [0.05, 0.1) is 0 Å². The Morgan fingerprint density at radius 2 is 2.36 bits per heavy atom. The van der Waals surface area contributed by atoms with Crippen molar-refractivity contribution in [2.24, 2.45) is 10.7 Å². The van der Waals surface area contributed by atoms with Crippen molar-refractivity contribution >= 4 is 5.84 Å². The van der Waals surface area contributed by atoms with E-state index >= 15 is 0 Å². The largest absolute Gasteiger partial charge is 0.399 e. The third kappa shape index (κ3) is 2.91. The molecule has 0 amide bonds. The molecular weight excluding hydrogens is 174 g/mol. The second kappa shape index (κ2) is 4.84. The van der Waals surface area contributed by atoms with Gasteiger partial charge in [-0.2, -0.15) is 0 Å². The topological polar surface area (TPSA) is 41.6 Å². The minimum absolute atomic E-state index is 0.538. The van der Waals surface area contributed by atoms with E-state index in [1.54, 1.807) is 12.3 Å². The molecule has 1 fully saturated rings. The molecule has 2 N–H and O–H groups in total. The van der Waals surface area contributed by atoms with E-state index in [1.165, 1.54) is 12.8 Å². The summed E-state index contributed by atoms with van der Waals surface area (Å²) in [5.74, 6) is 1.06. The van der Waals surface area contributed by atoms with Crippen molar-refractivity contribution in [3.63, 3.8) is 0 Å². The lowest BCUT2D eigenvalue weighted by molar-refractivity contribution is 0.412. The van der Waals surface area contributed by atoms with Crippen molar-refractivity contribution in [3.05, 3.63) is 24.6 Å². The number of rotatable bonds is 2. The van der Waals surface area contributed by atoms with E-state index in [1.807, 2.05) is 6.92 Å². The van der Waals surface area contributed by atoms with Gasteiger partial charge in [-0.25, -0.2) is 4.99 Å². The molecular formula is C11H19N3. The van der Waals surface area contributed by atoms with E-state index in [0.29, 0.717) is 11.7 Å². The highest BCUT2D eigenvalue weighted by Crippen LogP contribution is 2.16. The molecule has 0 radical (unpaired) electrons. The zero-order valence-corrected chi connectivity index (χ0v) is 9.03. The number of allylic oxidation sites excluding steroid dienone is 1. The lowest BCUT2D eigenvalue weighted by Crippen LogP contribution is -2.31. The average Bonchev–Trinajstić information content (AvgIpc) is 2.50. The van der Waals surface area contributed by atoms with Gasteiger partial charge in [-0.1, -0.05) is 6.58 Å². The Hall–Kier alpha value is -1.25. The maximum atomic E-state index is 5.40. The van der Waals surface area contributed by atoms with Gasteiger partial charge in [-0.05, 0) is 32.8 Å². The summed E-state index contributed by atoms with van der Waals surface area (Å²) in [6.45, 7) is 8.96. The van der Waals surface area contributed by atoms with Crippen LogP contribution in [0.3, 0.4) is 0 Å². The molecule has 0 aromatic carbocycles. The molecule has 78 valence electrons. The van der Waals surface area contributed by atoms with Crippen molar-refractivity contribution in [1.82, 2.24) is 4.90 Å². The number of amidine groups is 1. The molecule has 1 heterocycles. The summed E-state index contributed by atoms with van der Waals surface area (Å²) in [6, 6.07) is 0.619. The van der Waals surface area contributed by atoms with Crippen molar-refractivity contribution in [2.45, 2.75) is 32.7 Å². The quantitative estimate of drug-likeness (QED) is 0.413. The normalized spacial score (nSPS) is 23.4. The first-order chi connectivity index (χ1) is 6.61. The highest BCUT2D eigenvalue weighted by atomic mass is 15.2. The van der Waals surface area contributed by atoms with Gasteiger partial charge in [0.25, 0.3) is 0 Å². The monoisotopic (exact) mass is 193 g/mol. The summed E-state index contributed by atoms with van der Waals surface area (Å²) in [4.78, 5) is 6.64. The highest BCUT2D eigenvalue weighted by molar-refractivity contribution is 5.80. The van der Waals surface area contributed by atoms with Crippen LogP contribution in [0.2, 0.25) is 0 Å². The Kier molecular flexibility index (Phi) is 3.74. The van der Waals surface area contributed by atoms with E-state index in [2.05, 4.69) is 23.4 Å². The van der Waals surface area contributed by atoms with Crippen LogP contribution in [0.4, 0.5) is 0 Å². The van der Waals surface area contributed by atoms with E-state index in [4.69, 9.17) is 5.73 Å². The molecule has 1 unspecified atom stereocenters. The molecule has 3 nitrogen and oxygen atoms in total. The predicted molar refractivity (Wildman–Crippen MR) is 61.0 cm³/mol. The number of likely N-dealkylation sites (tertiary alicyclic amines) is 1. The van der Waals surface area contributed by atoms with E-state index in [9.17, 15) is 0 Å². The van der Waals surface area contributed by atoms with Crippen LogP contribution in [0.5, 0.6) is 0 Å². The number of nitrogens with zero attached hydrogens (tertiary/aromatic N) is 2. The van der Waals surface area contributed by atoms with E-state index in [-0.39, 0.29) is 0 Å². The van der Waals surface area contributed by atoms with Gasteiger partial charge in [-0.3, -0.25) is 0 Å². The number of aliphatic imine (C=N–C) groups is 1. The summed E-state index contributed by atoms with van der Waals surface area (Å²) in [7, 11) is 0. The summed E-state index contributed by atoms with van der Waals surface area (Å²) in [5, 5.41) is 0. The van der Waals surface area contributed by atoms with Crippen LogP contribution in [0, 0.1) is 0 Å². The third-order valence-electron chi connectivity index (χ3n) is 2.52. The van der Waals surface area contributed by atoms with Gasteiger partial charge >= 0.3 is 0 Å². The van der Waals surface area contributed by atoms with Crippen LogP contribution in [0.25, 0.3) is 0 Å². The molecule has 1 saturated heterocycles. The minimum atomic E-state index is 0.538. The molecule has 0 bridgehead atoms. The predicted octanol–water partition coefficient (Wildman–Crippen LogP) is 1.88. The van der Waals surface area contributed by atoms with Gasteiger partial charge in [0.15, 0.2) is 0 Å². The summed E-state index contributed by atoms with van der Waals surface area (Å²) >= 11 is 0. The minimum Gasteiger partial charge on any atom is -0.399 e. The van der Waals surface area contributed by atoms with E-state index in [0.717, 1.165) is 12.4 Å². The van der Waals surface area contributed by atoms with Gasteiger partial charge in [0, 0.05) is 24.5 Å². The molecule has 14 heavy (non-hydrogen) atoms. The van der Waals surface area contributed by atoms with Gasteiger partial charge < -0.3 is 10.6 Å². The Morgan fingerprint density at radius 1 is 1.64 bits per heavy atom. The third-order valence-corrected chi connectivity index (χ3v) is 2.52. The zero-order chi connectivity index (χ0) is 10.6. The Morgan fingerprint density at radius 3 is 2.86 bits per heavy atom. The van der Waals surface area contributed by atoms with Crippen molar-refractivity contribution in [3.8, 4) is 0 Å². The summed E-state index contributed by atoms with van der Waals surface area (Å²) in [6.07, 6.45) is 5.95. The van der Waals surface area contributed by atoms with Crippen LogP contribution in [0.15, 0.2) is 29.5 Å². The molecule has 0 spiro atoms. The SMILES string of the molecule is C=C(N)/C=C\N=C(/C)N1CCCC1C. The van der Waals surface area contributed by atoms with Gasteiger partial charge in [-0.15, -0.1) is 0 Å². The first kappa shape index (κ1) is 10.8. The molecule has 3 heteroatoms. The molecule has 1 aliphatic heterocycles. The standard InChI is InChI=1S/C11H19N3/c1-9(12)6-7-13-11(3)14-8-4-5-10(14)2/h6-7,10H,1,4-5,8,12H2,2-3H3/b7-6-,13-11+. The molecule has 0 aliphatic carbocycles. The van der Waals surface area contributed by atoms with Crippen LogP contribution in [0.1, 0.15) is 26.7 Å². The Bertz CT molecular complexity index is 266. The first-order valence-electron chi connectivity index (χ1n) is 5.03. The molecule has 0 aromatic heterocycles. The highest BCUT2D eigenvalue weighted by Gasteiger charge is 2.20. The Labute approximate surface area is 86.0 Å². The maximum absolute atomic E-state index is 5.40. The van der Waals surface area contributed by atoms with Crippen LogP contribution >= 0.6 is 0 Å². The van der Waals surface area contributed by atoms with Crippen LogP contribution in [-0.2, 0) is 0 Å². The molecule has 1 atom stereocenters. The van der Waals surface area contributed by atoms with Crippen LogP contribution in [-0.4, -0.2) is 23.3 Å². The maximum Gasteiger partial charge on any atom is 0.101 e. The van der Waals surface area contributed by atoms with Gasteiger partial charge in [0.2, 0.25) is 0 Å². The van der Waals surface area contributed by atoms with E-state index < -0.39 is 0 Å². The second-order valence-corrected chi connectivity index (χ2v) is 3.75. The summed E-state index contributed by atoms with van der Waals surface area (Å²) in [5.41, 5.74) is 5.93. The van der Waals surface area contributed by atoms with Crippen molar-refractivity contribution in [1.29, 1.82) is 0 Å². The molecule has 0 saturated carbocycles. The number of nitrogens with two attached hydrogens (primary N) is 1. The first-order valence-corrected chi connectivity index (χ1v) is 5.03.